The van der Waals surface area contributed by atoms with Crippen LogP contribution < -0.4 is 4.74 Å². The molecule has 19 heavy (non-hydrogen) atoms. The molecule has 0 aliphatic heterocycles. The first-order valence-electron chi connectivity index (χ1n) is 6.00. The Labute approximate surface area is 121 Å². The molecular formula is C14H18BrNO3. The van der Waals surface area contributed by atoms with Gasteiger partial charge in [-0.25, -0.2) is 0 Å². The number of carbonyl (C=O) groups is 2. The van der Waals surface area contributed by atoms with Crippen LogP contribution in [0, 0.1) is 0 Å². The SMILES string of the molecule is COc1ccc(CN(C)C(=O)CCC(C)=O)cc1Br. The number of benzene rings is 1. The molecule has 0 radical (unpaired) electrons. The summed E-state index contributed by atoms with van der Waals surface area (Å²) in [5, 5.41) is 0. The van der Waals surface area contributed by atoms with E-state index in [2.05, 4.69) is 15.9 Å². The molecule has 1 rings (SSSR count). The van der Waals surface area contributed by atoms with Crippen LogP contribution in [0.2, 0.25) is 0 Å². The van der Waals surface area contributed by atoms with Gasteiger partial charge in [-0.3, -0.25) is 4.79 Å². The molecule has 0 saturated heterocycles. The predicted molar refractivity (Wildman–Crippen MR) is 77.1 cm³/mol. The highest BCUT2D eigenvalue weighted by atomic mass is 79.9. The first-order chi connectivity index (χ1) is 8.93. The van der Waals surface area contributed by atoms with Gasteiger partial charge >= 0.3 is 0 Å². The first kappa shape index (κ1) is 15.7. The van der Waals surface area contributed by atoms with E-state index in [9.17, 15) is 9.59 Å². The summed E-state index contributed by atoms with van der Waals surface area (Å²) in [6.45, 7) is 2.01. The second-order valence-corrected chi connectivity index (χ2v) is 5.28. The number of amides is 1. The summed E-state index contributed by atoms with van der Waals surface area (Å²) in [5.41, 5.74) is 1.01. The Balaban J connectivity index is 2.61. The van der Waals surface area contributed by atoms with Crippen molar-refractivity contribution in [3.05, 3.63) is 28.2 Å². The number of ketones is 1. The molecule has 0 aromatic heterocycles. The van der Waals surface area contributed by atoms with E-state index >= 15 is 0 Å². The molecule has 1 aromatic rings. The summed E-state index contributed by atoms with van der Waals surface area (Å²) in [6, 6.07) is 5.69. The zero-order valence-corrected chi connectivity index (χ0v) is 13.0. The van der Waals surface area contributed by atoms with Crippen LogP contribution in [0.3, 0.4) is 0 Å². The van der Waals surface area contributed by atoms with Gasteiger partial charge in [0.15, 0.2) is 0 Å². The van der Waals surface area contributed by atoms with Crippen LogP contribution >= 0.6 is 15.9 Å². The molecule has 0 N–H and O–H groups in total. The summed E-state index contributed by atoms with van der Waals surface area (Å²) < 4.78 is 6.01. The lowest BCUT2D eigenvalue weighted by atomic mass is 10.2. The van der Waals surface area contributed by atoms with E-state index in [0.717, 1.165) is 15.8 Å². The van der Waals surface area contributed by atoms with Crippen molar-refractivity contribution >= 4 is 27.6 Å². The number of methoxy groups -OCH3 is 1. The molecular weight excluding hydrogens is 310 g/mol. The summed E-state index contributed by atoms with van der Waals surface area (Å²) in [7, 11) is 3.35. The smallest absolute Gasteiger partial charge is 0.223 e. The fraction of sp³-hybridized carbons (Fsp3) is 0.429. The van der Waals surface area contributed by atoms with E-state index in [-0.39, 0.29) is 18.1 Å². The average Bonchev–Trinajstić information content (AvgIpc) is 2.36. The zero-order valence-electron chi connectivity index (χ0n) is 11.4. The third kappa shape index (κ3) is 5.03. The lowest BCUT2D eigenvalue weighted by molar-refractivity contribution is -0.132. The quantitative estimate of drug-likeness (QED) is 0.807. The van der Waals surface area contributed by atoms with E-state index < -0.39 is 0 Å². The van der Waals surface area contributed by atoms with Crippen molar-refractivity contribution in [2.24, 2.45) is 0 Å². The molecule has 0 unspecified atom stereocenters. The van der Waals surface area contributed by atoms with E-state index in [1.807, 2.05) is 18.2 Å². The number of nitrogens with zero attached hydrogens (tertiary/aromatic N) is 1. The summed E-state index contributed by atoms with van der Waals surface area (Å²) in [6.07, 6.45) is 0.568. The topological polar surface area (TPSA) is 46.6 Å². The highest BCUT2D eigenvalue weighted by Gasteiger charge is 2.11. The largest absolute Gasteiger partial charge is 0.496 e. The molecule has 0 spiro atoms. The molecule has 0 saturated carbocycles. The molecule has 0 aliphatic carbocycles. The second-order valence-electron chi connectivity index (χ2n) is 4.42. The molecule has 0 bridgehead atoms. The van der Waals surface area contributed by atoms with Crippen LogP contribution in [-0.2, 0) is 16.1 Å². The van der Waals surface area contributed by atoms with Crippen molar-refractivity contribution in [1.29, 1.82) is 0 Å². The van der Waals surface area contributed by atoms with Gasteiger partial charge in [0.25, 0.3) is 0 Å². The summed E-state index contributed by atoms with van der Waals surface area (Å²) >= 11 is 3.41. The fourth-order valence-corrected chi connectivity index (χ4v) is 2.23. The maximum atomic E-state index is 11.8. The molecule has 104 valence electrons. The zero-order chi connectivity index (χ0) is 14.4. The van der Waals surface area contributed by atoms with E-state index in [1.165, 1.54) is 6.92 Å². The van der Waals surface area contributed by atoms with Gasteiger partial charge in [-0.1, -0.05) is 6.07 Å². The first-order valence-corrected chi connectivity index (χ1v) is 6.79. The molecule has 0 aliphatic rings. The normalized spacial score (nSPS) is 10.1. The van der Waals surface area contributed by atoms with Crippen molar-refractivity contribution in [3.63, 3.8) is 0 Å². The Kier molecular flexibility index (Phi) is 6.02. The third-order valence-electron chi connectivity index (χ3n) is 2.75. The van der Waals surface area contributed by atoms with Crippen LogP contribution in [0.4, 0.5) is 0 Å². The lowest BCUT2D eigenvalue weighted by Gasteiger charge is -2.17. The predicted octanol–water partition coefficient (Wildman–Crippen LogP) is 2.79. The minimum absolute atomic E-state index is 0.0258. The average molecular weight is 328 g/mol. The highest BCUT2D eigenvalue weighted by Crippen LogP contribution is 2.25. The number of hydrogen-bond donors (Lipinski definition) is 0. The van der Waals surface area contributed by atoms with Crippen molar-refractivity contribution in [2.45, 2.75) is 26.3 Å². The molecule has 0 atom stereocenters. The van der Waals surface area contributed by atoms with Crippen molar-refractivity contribution in [3.8, 4) is 5.75 Å². The van der Waals surface area contributed by atoms with Crippen molar-refractivity contribution in [2.75, 3.05) is 14.2 Å². The summed E-state index contributed by atoms with van der Waals surface area (Å²) in [5.74, 6) is 0.769. The van der Waals surface area contributed by atoms with Crippen LogP contribution in [0.15, 0.2) is 22.7 Å². The minimum Gasteiger partial charge on any atom is -0.496 e. The van der Waals surface area contributed by atoms with Gasteiger partial charge in [0.1, 0.15) is 11.5 Å². The molecule has 0 fully saturated rings. The number of hydrogen-bond acceptors (Lipinski definition) is 3. The number of halogens is 1. The van der Waals surface area contributed by atoms with E-state index in [1.54, 1.807) is 19.1 Å². The molecule has 5 heteroatoms. The monoisotopic (exact) mass is 327 g/mol. The van der Waals surface area contributed by atoms with Crippen LogP contribution in [-0.4, -0.2) is 30.7 Å². The molecule has 4 nitrogen and oxygen atoms in total. The highest BCUT2D eigenvalue weighted by molar-refractivity contribution is 9.10. The van der Waals surface area contributed by atoms with Gasteiger partial charge in [0.2, 0.25) is 5.91 Å². The Bertz CT molecular complexity index is 474. The number of ether oxygens (including phenoxy) is 1. The van der Waals surface area contributed by atoms with Crippen LogP contribution in [0.1, 0.15) is 25.3 Å². The van der Waals surface area contributed by atoms with E-state index in [0.29, 0.717) is 13.0 Å². The van der Waals surface area contributed by atoms with Gasteiger partial charge in [-0.05, 0) is 40.5 Å². The van der Waals surface area contributed by atoms with Gasteiger partial charge in [0.05, 0.1) is 11.6 Å². The summed E-state index contributed by atoms with van der Waals surface area (Å²) in [4.78, 5) is 24.3. The van der Waals surface area contributed by atoms with E-state index in [4.69, 9.17) is 4.74 Å². The van der Waals surface area contributed by atoms with Gasteiger partial charge in [-0.2, -0.15) is 0 Å². The molecule has 1 amide bonds. The van der Waals surface area contributed by atoms with Gasteiger partial charge < -0.3 is 14.4 Å². The Morgan fingerprint density at radius 1 is 1.32 bits per heavy atom. The maximum absolute atomic E-state index is 11.8. The van der Waals surface area contributed by atoms with Gasteiger partial charge in [0, 0.05) is 26.4 Å². The number of Topliss-reactive ketones (excluding diaryl/α,β-unsaturated/α-hetero) is 1. The Morgan fingerprint density at radius 3 is 2.53 bits per heavy atom. The standard InChI is InChI=1S/C14H18BrNO3/c1-10(17)4-7-14(18)16(2)9-11-5-6-13(19-3)12(15)8-11/h5-6,8H,4,7,9H2,1-3H3. The molecule has 0 heterocycles. The maximum Gasteiger partial charge on any atom is 0.223 e. The number of rotatable bonds is 6. The van der Waals surface area contributed by atoms with Gasteiger partial charge in [-0.15, -0.1) is 0 Å². The second kappa shape index (κ2) is 7.28. The molecule has 1 aromatic carbocycles. The van der Waals surface area contributed by atoms with Crippen molar-refractivity contribution in [1.82, 2.24) is 4.90 Å². The van der Waals surface area contributed by atoms with Crippen LogP contribution in [0.5, 0.6) is 5.75 Å². The van der Waals surface area contributed by atoms with Crippen molar-refractivity contribution < 1.29 is 14.3 Å². The van der Waals surface area contributed by atoms with Crippen LogP contribution in [0.25, 0.3) is 0 Å². The fourth-order valence-electron chi connectivity index (χ4n) is 1.64. The minimum atomic E-state index is -0.0258. The Morgan fingerprint density at radius 2 is 2.00 bits per heavy atom. The number of carbonyl (C=O) groups excluding carboxylic acids is 2. The third-order valence-corrected chi connectivity index (χ3v) is 3.37. The lowest BCUT2D eigenvalue weighted by Crippen LogP contribution is -2.26. The Hall–Kier alpha value is -1.36.